The van der Waals surface area contributed by atoms with Crippen molar-refractivity contribution in [2.75, 3.05) is 26.2 Å². The third-order valence-corrected chi connectivity index (χ3v) is 3.60. The van der Waals surface area contributed by atoms with Gasteiger partial charge < -0.3 is 10.6 Å². The molecule has 0 fully saturated rings. The quantitative estimate of drug-likeness (QED) is 0.636. The van der Waals surface area contributed by atoms with Crippen LogP contribution in [0.15, 0.2) is 0 Å². The van der Waals surface area contributed by atoms with Crippen molar-refractivity contribution in [1.82, 2.24) is 4.90 Å². The second kappa shape index (κ2) is 9.90. The first kappa shape index (κ1) is 16.9. The lowest BCUT2D eigenvalue weighted by Crippen LogP contribution is -2.29. The normalized spacial score (nSPS) is 13.9. The molecule has 0 saturated carbocycles. The van der Waals surface area contributed by atoms with Crippen LogP contribution >= 0.6 is 0 Å². The van der Waals surface area contributed by atoms with Gasteiger partial charge in [0.25, 0.3) is 0 Å². The molecule has 0 heterocycles. The minimum absolute atomic E-state index is 0.777. The van der Waals surface area contributed by atoms with Crippen molar-refractivity contribution in [1.29, 1.82) is 0 Å². The minimum Gasteiger partial charge on any atom is -0.330 e. The SMILES string of the molecule is CCN(CCCC(CCN)C(C)C)CC(C)C. The van der Waals surface area contributed by atoms with E-state index in [2.05, 4.69) is 39.5 Å². The summed E-state index contributed by atoms with van der Waals surface area (Å²) in [7, 11) is 0. The van der Waals surface area contributed by atoms with Gasteiger partial charge in [-0.3, -0.25) is 0 Å². The largest absolute Gasteiger partial charge is 0.330 e. The zero-order chi connectivity index (χ0) is 13.3. The van der Waals surface area contributed by atoms with E-state index in [0.717, 1.165) is 24.3 Å². The maximum absolute atomic E-state index is 5.68. The van der Waals surface area contributed by atoms with Crippen molar-refractivity contribution in [3.63, 3.8) is 0 Å². The van der Waals surface area contributed by atoms with Gasteiger partial charge in [-0.1, -0.05) is 34.6 Å². The number of nitrogens with zero attached hydrogens (tertiary/aromatic N) is 1. The Morgan fingerprint density at radius 1 is 1.06 bits per heavy atom. The standard InChI is InChI=1S/C15H34N2/c1-6-17(12-13(2)3)11-7-8-15(9-10-16)14(4)5/h13-15H,6-12,16H2,1-5H3. The van der Waals surface area contributed by atoms with E-state index >= 15 is 0 Å². The molecule has 0 aromatic carbocycles. The van der Waals surface area contributed by atoms with Crippen LogP contribution in [0.5, 0.6) is 0 Å². The minimum atomic E-state index is 0.777. The van der Waals surface area contributed by atoms with Crippen LogP contribution < -0.4 is 5.73 Å². The topological polar surface area (TPSA) is 29.3 Å². The third kappa shape index (κ3) is 8.62. The summed E-state index contributed by atoms with van der Waals surface area (Å²) >= 11 is 0. The Balaban J connectivity index is 3.84. The molecule has 17 heavy (non-hydrogen) atoms. The third-order valence-electron chi connectivity index (χ3n) is 3.60. The first-order valence-electron chi connectivity index (χ1n) is 7.43. The van der Waals surface area contributed by atoms with Crippen LogP contribution in [0.3, 0.4) is 0 Å². The van der Waals surface area contributed by atoms with Crippen molar-refractivity contribution in [3.8, 4) is 0 Å². The molecule has 0 saturated heterocycles. The van der Waals surface area contributed by atoms with Gasteiger partial charge in [0.15, 0.2) is 0 Å². The predicted octanol–water partition coefficient (Wildman–Crippen LogP) is 3.37. The Kier molecular flexibility index (Phi) is 9.85. The van der Waals surface area contributed by atoms with Gasteiger partial charge in [0.1, 0.15) is 0 Å². The summed E-state index contributed by atoms with van der Waals surface area (Å²) in [5.74, 6) is 2.37. The average molecular weight is 242 g/mol. The zero-order valence-corrected chi connectivity index (χ0v) is 12.7. The smallest absolute Gasteiger partial charge is 0.000427 e. The molecule has 1 unspecified atom stereocenters. The van der Waals surface area contributed by atoms with E-state index < -0.39 is 0 Å². The summed E-state index contributed by atoms with van der Waals surface area (Å²) in [6, 6.07) is 0. The highest BCUT2D eigenvalue weighted by molar-refractivity contribution is 4.66. The van der Waals surface area contributed by atoms with Gasteiger partial charge in [-0.2, -0.15) is 0 Å². The highest BCUT2D eigenvalue weighted by Crippen LogP contribution is 2.20. The molecule has 2 N–H and O–H groups in total. The Morgan fingerprint density at radius 2 is 1.71 bits per heavy atom. The van der Waals surface area contributed by atoms with Crippen molar-refractivity contribution in [2.45, 2.75) is 53.9 Å². The Morgan fingerprint density at radius 3 is 2.12 bits per heavy atom. The van der Waals surface area contributed by atoms with Gasteiger partial charge in [-0.05, 0) is 56.7 Å². The molecule has 2 nitrogen and oxygen atoms in total. The number of nitrogens with two attached hydrogens (primary N) is 1. The number of rotatable bonds is 10. The molecular formula is C15H34N2. The van der Waals surface area contributed by atoms with Crippen molar-refractivity contribution >= 4 is 0 Å². The van der Waals surface area contributed by atoms with Gasteiger partial charge in [-0.25, -0.2) is 0 Å². The molecule has 0 aromatic heterocycles. The van der Waals surface area contributed by atoms with E-state index in [-0.39, 0.29) is 0 Å². The summed E-state index contributed by atoms with van der Waals surface area (Å²) in [4.78, 5) is 2.57. The Bertz CT molecular complexity index is 166. The Labute approximate surface area is 109 Å². The molecule has 0 aliphatic rings. The summed E-state index contributed by atoms with van der Waals surface area (Å²) < 4.78 is 0. The second-order valence-electron chi connectivity index (χ2n) is 6.01. The summed E-state index contributed by atoms with van der Waals surface area (Å²) in [6.45, 7) is 16.0. The van der Waals surface area contributed by atoms with Crippen molar-refractivity contribution in [2.24, 2.45) is 23.5 Å². The average Bonchev–Trinajstić information content (AvgIpc) is 2.25. The molecule has 0 aromatic rings. The summed E-state index contributed by atoms with van der Waals surface area (Å²) in [5.41, 5.74) is 5.68. The summed E-state index contributed by atoms with van der Waals surface area (Å²) in [5, 5.41) is 0. The monoisotopic (exact) mass is 242 g/mol. The maximum Gasteiger partial charge on any atom is 0.000427 e. The lowest BCUT2D eigenvalue weighted by atomic mass is 9.88. The molecule has 0 spiro atoms. The number of hydrogen-bond donors (Lipinski definition) is 1. The van der Waals surface area contributed by atoms with Crippen LogP contribution in [-0.2, 0) is 0 Å². The predicted molar refractivity (Wildman–Crippen MR) is 78.2 cm³/mol. The van der Waals surface area contributed by atoms with Gasteiger partial charge in [0.2, 0.25) is 0 Å². The van der Waals surface area contributed by atoms with Crippen molar-refractivity contribution in [3.05, 3.63) is 0 Å². The van der Waals surface area contributed by atoms with Crippen LogP contribution in [0.2, 0.25) is 0 Å². The molecule has 1 atom stereocenters. The molecular weight excluding hydrogens is 208 g/mol. The van der Waals surface area contributed by atoms with Gasteiger partial charge in [-0.15, -0.1) is 0 Å². The van der Waals surface area contributed by atoms with Gasteiger partial charge in [0, 0.05) is 6.54 Å². The molecule has 0 rings (SSSR count). The van der Waals surface area contributed by atoms with Crippen LogP contribution in [0.4, 0.5) is 0 Å². The summed E-state index contributed by atoms with van der Waals surface area (Å²) in [6.07, 6.45) is 3.85. The molecule has 0 bridgehead atoms. The number of hydrogen-bond acceptors (Lipinski definition) is 2. The zero-order valence-electron chi connectivity index (χ0n) is 12.7. The lowest BCUT2D eigenvalue weighted by molar-refractivity contribution is 0.235. The molecule has 104 valence electrons. The van der Waals surface area contributed by atoms with E-state index in [0.29, 0.717) is 0 Å². The fourth-order valence-electron chi connectivity index (χ4n) is 2.50. The van der Waals surface area contributed by atoms with Crippen LogP contribution in [0.1, 0.15) is 53.9 Å². The van der Waals surface area contributed by atoms with E-state index in [4.69, 9.17) is 5.73 Å². The highest BCUT2D eigenvalue weighted by Gasteiger charge is 2.13. The fourth-order valence-corrected chi connectivity index (χ4v) is 2.50. The molecule has 2 heteroatoms. The van der Waals surface area contributed by atoms with E-state index in [1.807, 2.05) is 0 Å². The van der Waals surface area contributed by atoms with Crippen LogP contribution in [-0.4, -0.2) is 31.1 Å². The fraction of sp³-hybridized carbons (Fsp3) is 1.00. The Hall–Kier alpha value is -0.0800. The molecule has 0 aliphatic carbocycles. The van der Waals surface area contributed by atoms with Crippen LogP contribution in [0.25, 0.3) is 0 Å². The van der Waals surface area contributed by atoms with E-state index in [1.54, 1.807) is 0 Å². The van der Waals surface area contributed by atoms with Crippen LogP contribution in [0, 0.1) is 17.8 Å². The lowest BCUT2D eigenvalue weighted by Gasteiger charge is -2.25. The first-order chi connectivity index (χ1) is 8.01. The van der Waals surface area contributed by atoms with Gasteiger partial charge in [0.05, 0.1) is 0 Å². The molecule has 0 aliphatic heterocycles. The maximum atomic E-state index is 5.68. The molecule has 0 amide bonds. The van der Waals surface area contributed by atoms with Gasteiger partial charge >= 0.3 is 0 Å². The van der Waals surface area contributed by atoms with E-state index in [9.17, 15) is 0 Å². The molecule has 0 radical (unpaired) electrons. The van der Waals surface area contributed by atoms with E-state index in [1.165, 1.54) is 38.9 Å². The van der Waals surface area contributed by atoms with Crippen molar-refractivity contribution < 1.29 is 0 Å². The highest BCUT2D eigenvalue weighted by atomic mass is 15.1. The first-order valence-corrected chi connectivity index (χ1v) is 7.43. The second-order valence-corrected chi connectivity index (χ2v) is 6.01.